The molecule has 0 aliphatic carbocycles. The minimum Gasteiger partial charge on any atom is -0.481 e. The number of H-pyrrole nitrogens is 1. The first-order valence-electron chi connectivity index (χ1n) is 8.09. The molecule has 4 heterocycles. The molecule has 5 nitrogen and oxygen atoms in total. The van der Waals surface area contributed by atoms with Crippen molar-refractivity contribution in [2.24, 2.45) is 0 Å². The number of methoxy groups -OCH3 is 1. The Labute approximate surface area is 153 Å². The Morgan fingerprint density at radius 3 is 2.92 bits per heavy atom. The van der Waals surface area contributed by atoms with Gasteiger partial charge in [-0.25, -0.2) is 19.3 Å². The van der Waals surface area contributed by atoms with Gasteiger partial charge in [-0.15, -0.1) is 11.3 Å². The van der Waals surface area contributed by atoms with E-state index in [1.165, 1.54) is 24.5 Å². The molecule has 0 aliphatic heterocycles. The fraction of sp³-hybridized carbons (Fsp3) is 0.211. The van der Waals surface area contributed by atoms with Gasteiger partial charge in [0.2, 0.25) is 5.88 Å². The van der Waals surface area contributed by atoms with E-state index in [4.69, 9.17) is 4.74 Å². The van der Waals surface area contributed by atoms with Crippen LogP contribution < -0.4 is 4.74 Å². The normalized spacial score (nSPS) is 11.2. The first kappa shape index (κ1) is 16.7. The molecule has 26 heavy (non-hydrogen) atoms. The van der Waals surface area contributed by atoms with Crippen molar-refractivity contribution >= 4 is 22.4 Å². The predicted octanol–water partition coefficient (Wildman–Crippen LogP) is 3.85. The third-order valence-corrected chi connectivity index (χ3v) is 5.03. The maximum atomic E-state index is 13.6. The van der Waals surface area contributed by atoms with Gasteiger partial charge in [0.1, 0.15) is 11.5 Å². The first-order valence-corrected chi connectivity index (χ1v) is 8.91. The van der Waals surface area contributed by atoms with Crippen molar-refractivity contribution in [2.45, 2.75) is 19.8 Å². The van der Waals surface area contributed by atoms with Crippen LogP contribution in [0.3, 0.4) is 0 Å². The molecule has 4 aromatic heterocycles. The van der Waals surface area contributed by atoms with E-state index in [0.29, 0.717) is 24.3 Å². The number of aromatic nitrogens is 4. The fourth-order valence-electron chi connectivity index (χ4n) is 2.97. The lowest BCUT2D eigenvalue weighted by atomic mass is 10.1. The highest BCUT2D eigenvalue weighted by Gasteiger charge is 2.15. The van der Waals surface area contributed by atoms with Gasteiger partial charge in [0.05, 0.1) is 19.0 Å². The highest BCUT2D eigenvalue weighted by atomic mass is 32.1. The van der Waals surface area contributed by atoms with E-state index in [0.717, 1.165) is 38.9 Å². The van der Waals surface area contributed by atoms with Crippen LogP contribution in [-0.2, 0) is 12.8 Å². The number of rotatable bonds is 5. The summed E-state index contributed by atoms with van der Waals surface area (Å²) in [6, 6.07) is 3.56. The lowest BCUT2D eigenvalue weighted by Crippen LogP contribution is -2.00. The summed E-state index contributed by atoms with van der Waals surface area (Å²) in [6.07, 6.45) is 6.13. The molecule has 0 saturated carbocycles. The van der Waals surface area contributed by atoms with E-state index in [9.17, 15) is 4.39 Å². The fourth-order valence-corrected chi connectivity index (χ4v) is 3.70. The summed E-state index contributed by atoms with van der Waals surface area (Å²) in [5.74, 6) is 0.0250. The second kappa shape index (κ2) is 6.84. The van der Waals surface area contributed by atoms with E-state index in [1.807, 2.05) is 19.3 Å². The zero-order valence-corrected chi connectivity index (χ0v) is 15.2. The summed E-state index contributed by atoms with van der Waals surface area (Å²) in [7, 11) is 1.53. The molecule has 4 rings (SSSR count). The third-order valence-electron chi connectivity index (χ3n) is 4.22. The minimum atomic E-state index is -0.389. The molecule has 0 aromatic carbocycles. The van der Waals surface area contributed by atoms with E-state index in [2.05, 4.69) is 31.5 Å². The number of halogens is 1. The minimum absolute atomic E-state index is 0.389. The van der Waals surface area contributed by atoms with E-state index >= 15 is 0 Å². The summed E-state index contributed by atoms with van der Waals surface area (Å²) in [5.41, 5.74) is 7.62. The molecule has 4 aromatic rings. The Hall–Kier alpha value is -2.80. The maximum Gasteiger partial charge on any atom is 0.216 e. The van der Waals surface area contributed by atoms with Crippen molar-refractivity contribution in [2.75, 3.05) is 7.11 Å². The Morgan fingerprint density at radius 2 is 2.08 bits per heavy atom. The lowest BCUT2D eigenvalue weighted by molar-refractivity contribution is 0.391. The number of thiazole rings is 1. The molecular formula is C19H16FN4OS. The number of aryl methyl sites for hydroxylation is 1. The number of hydrogen-bond donors (Lipinski definition) is 1. The molecule has 0 unspecified atom stereocenters. The summed E-state index contributed by atoms with van der Waals surface area (Å²) in [4.78, 5) is 17.0. The van der Waals surface area contributed by atoms with Crippen molar-refractivity contribution in [3.05, 3.63) is 69.3 Å². The average molecular weight is 367 g/mol. The van der Waals surface area contributed by atoms with E-state index < -0.39 is 0 Å². The van der Waals surface area contributed by atoms with E-state index in [-0.39, 0.29) is 5.82 Å². The number of hydrogen-bond acceptors (Lipinski definition) is 5. The SMILES string of the molecule is COc1ncc(F)cc1Cc1n[c]sc1Cc1c[nH]c2ncc(C)cc12. The van der Waals surface area contributed by atoms with Crippen LogP contribution in [0.1, 0.15) is 27.3 Å². The number of ether oxygens (including phenoxy) is 1. The van der Waals surface area contributed by atoms with Crippen molar-refractivity contribution in [3.63, 3.8) is 0 Å². The second-order valence-corrected chi connectivity index (χ2v) is 6.95. The van der Waals surface area contributed by atoms with Gasteiger partial charge in [-0.2, -0.15) is 0 Å². The first-order chi connectivity index (χ1) is 12.6. The molecular weight excluding hydrogens is 351 g/mol. The molecule has 0 atom stereocenters. The van der Waals surface area contributed by atoms with Crippen LogP contribution in [-0.4, -0.2) is 27.0 Å². The predicted molar refractivity (Wildman–Crippen MR) is 98.1 cm³/mol. The van der Waals surface area contributed by atoms with Crippen LogP contribution in [0, 0.1) is 18.3 Å². The molecule has 7 heteroatoms. The quantitative estimate of drug-likeness (QED) is 0.582. The van der Waals surface area contributed by atoms with E-state index in [1.54, 1.807) is 0 Å². The zero-order chi connectivity index (χ0) is 18.1. The van der Waals surface area contributed by atoms with Crippen LogP contribution in [0.25, 0.3) is 11.0 Å². The van der Waals surface area contributed by atoms with Gasteiger partial charge in [-0.3, -0.25) is 0 Å². The van der Waals surface area contributed by atoms with Crippen LogP contribution in [0.2, 0.25) is 0 Å². The average Bonchev–Trinajstić information content (AvgIpc) is 3.23. The van der Waals surface area contributed by atoms with Gasteiger partial charge >= 0.3 is 0 Å². The number of nitrogens with zero attached hydrogens (tertiary/aromatic N) is 3. The van der Waals surface area contributed by atoms with Gasteiger partial charge in [0.15, 0.2) is 5.51 Å². The largest absolute Gasteiger partial charge is 0.481 e. The molecule has 0 saturated heterocycles. The van der Waals surface area contributed by atoms with Crippen molar-refractivity contribution in [1.29, 1.82) is 0 Å². The third kappa shape index (κ3) is 3.17. The van der Waals surface area contributed by atoms with Crippen molar-refractivity contribution in [1.82, 2.24) is 19.9 Å². The maximum absolute atomic E-state index is 13.6. The van der Waals surface area contributed by atoms with Gasteiger partial charge in [0, 0.05) is 41.1 Å². The molecule has 131 valence electrons. The second-order valence-electron chi connectivity index (χ2n) is 6.07. The highest BCUT2D eigenvalue weighted by Crippen LogP contribution is 2.27. The number of fused-ring (bicyclic) bond motifs is 1. The van der Waals surface area contributed by atoms with Gasteiger partial charge in [0.25, 0.3) is 0 Å². The molecule has 0 fully saturated rings. The molecule has 0 spiro atoms. The van der Waals surface area contributed by atoms with Crippen LogP contribution in [0.4, 0.5) is 4.39 Å². The number of aromatic amines is 1. The number of pyridine rings is 2. The monoisotopic (exact) mass is 367 g/mol. The Kier molecular flexibility index (Phi) is 4.38. The summed E-state index contributed by atoms with van der Waals surface area (Å²) < 4.78 is 18.8. The molecule has 0 amide bonds. The topological polar surface area (TPSA) is 63.7 Å². The van der Waals surface area contributed by atoms with Crippen LogP contribution in [0.5, 0.6) is 5.88 Å². The van der Waals surface area contributed by atoms with Crippen molar-refractivity contribution < 1.29 is 9.13 Å². The Balaban J connectivity index is 1.65. The smallest absolute Gasteiger partial charge is 0.216 e. The van der Waals surface area contributed by atoms with Gasteiger partial charge in [-0.1, -0.05) is 0 Å². The molecule has 0 bridgehead atoms. The molecule has 0 aliphatic rings. The summed E-state index contributed by atoms with van der Waals surface area (Å²) in [5, 5.41) is 1.11. The Bertz CT molecular complexity index is 1070. The lowest BCUT2D eigenvalue weighted by Gasteiger charge is -2.07. The summed E-state index contributed by atoms with van der Waals surface area (Å²) >= 11 is 1.47. The highest BCUT2D eigenvalue weighted by molar-refractivity contribution is 7.09. The standard InChI is InChI=1S/C19H16FN4OS/c1-11-3-15-13(8-22-18(15)21-7-11)6-17-16(24-10-26-17)5-12-4-14(20)9-23-19(12)25-2/h3-4,7-9H,5-6H2,1-2H3,(H,21,22). The number of nitrogens with one attached hydrogen (secondary N) is 1. The van der Waals surface area contributed by atoms with Crippen molar-refractivity contribution in [3.8, 4) is 5.88 Å². The van der Waals surface area contributed by atoms with Gasteiger partial charge < -0.3 is 9.72 Å². The zero-order valence-electron chi connectivity index (χ0n) is 14.3. The molecule has 1 radical (unpaired) electrons. The summed E-state index contributed by atoms with van der Waals surface area (Å²) in [6.45, 7) is 2.03. The van der Waals surface area contributed by atoms with Gasteiger partial charge in [-0.05, 0) is 30.2 Å². The van der Waals surface area contributed by atoms with Crippen LogP contribution >= 0.6 is 11.3 Å². The molecule has 1 N–H and O–H groups in total. The van der Waals surface area contributed by atoms with Crippen LogP contribution in [0.15, 0.2) is 30.7 Å². The Morgan fingerprint density at radius 1 is 1.19 bits per heavy atom.